The quantitative estimate of drug-likeness (QED) is 0.823. The molecule has 2 aromatic carbocycles. The van der Waals surface area contributed by atoms with E-state index >= 15 is 0 Å². The number of hydrogen-bond acceptors (Lipinski definition) is 2. The Hall–Kier alpha value is -1.63. The van der Waals surface area contributed by atoms with E-state index < -0.39 is 0 Å². The Labute approximate surface area is 123 Å². The normalized spacial score (nSPS) is 10.3. The van der Waals surface area contributed by atoms with E-state index in [4.69, 9.17) is 0 Å². The molecule has 2 aromatic rings. The molecule has 98 valence electrons. The number of rotatable bonds is 2. The molecule has 0 saturated heterocycles. The maximum absolute atomic E-state index is 13.0. The van der Waals surface area contributed by atoms with Crippen molar-refractivity contribution in [3.05, 3.63) is 57.4 Å². The number of carbonyl (C=O) groups excluding carboxylic acids is 1. The largest absolute Gasteiger partial charge is 0.508 e. The van der Waals surface area contributed by atoms with Gasteiger partial charge in [0, 0.05) is 22.4 Å². The van der Waals surface area contributed by atoms with Crippen LogP contribution in [-0.4, -0.2) is 18.1 Å². The lowest BCUT2D eigenvalue weighted by Crippen LogP contribution is -2.26. The van der Waals surface area contributed by atoms with Crippen molar-refractivity contribution < 1.29 is 14.3 Å². The Kier molecular flexibility index (Phi) is 4.04. The van der Waals surface area contributed by atoms with Crippen LogP contribution in [0.5, 0.6) is 5.75 Å². The van der Waals surface area contributed by atoms with Gasteiger partial charge in [0.05, 0.1) is 5.56 Å². The molecule has 19 heavy (non-hydrogen) atoms. The molecule has 0 radical (unpaired) electrons. The van der Waals surface area contributed by atoms with E-state index in [1.165, 1.54) is 35.2 Å². The first kappa shape index (κ1) is 13.8. The Bertz CT molecular complexity index is 631. The van der Waals surface area contributed by atoms with Gasteiger partial charge < -0.3 is 10.0 Å². The zero-order valence-corrected chi connectivity index (χ0v) is 12.3. The number of anilines is 1. The van der Waals surface area contributed by atoms with Gasteiger partial charge in [-0.15, -0.1) is 0 Å². The van der Waals surface area contributed by atoms with Gasteiger partial charge in [-0.3, -0.25) is 4.79 Å². The third kappa shape index (κ3) is 3.04. The second kappa shape index (κ2) is 5.56. The molecule has 0 heterocycles. The van der Waals surface area contributed by atoms with Gasteiger partial charge in [0.25, 0.3) is 5.91 Å². The zero-order valence-electron chi connectivity index (χ0n) is 10.1. The predicted octanol–water partition coefficient (Wildman–Crippen LogP) is 3.41. The van der Waals surface area contributed by atoms with Gasteiger partial charge in [-0.05, 0) is 52.9 Å². The molecule has 0 bridgehead atoms. The number of hydrogen-bond donors (Lipinski definition) is 1. The van der Waals surface area contributed by atoms with Gasteiger partial charge in [0.1, 0.15) is 11.6 Å². The van der Waals surface area contributed by atoms with Crippen LogP contribution in [0.3, 0.4) is 0 Å². The minimum Gasteiger partial charge on any atom is -0.508 e. The van der Waals surface area contributed by atoms with Crippen molar-refractivity contribution in [1.82, 2.24) is 0 Å². The Balaban J connectivity index is 2.33. The molecule has 0 aliphatic rings. The molecule has 0 saturated carbocycles. The molecular weight excluding hydrogens is 360 g/mol. The number of halogens is 2. The SMILES string of the molecule is CN(C(=O)c1ccc(F)cc1I)c1cccc(O)c1. The zero-order chi connectivity index (χ0) is 14.0. The molecule has 0 spiro atoms. The number of amides is 1. The van der Waals surface area contributed by atoms with E-state index in [1.807, 2.05) is 22.6 Å². The molecule has 0 fully saturated rings. The first-order chi connectivity index (χ1) is 8.99. The molecule has 0 aromatic heterocycles. The summed E-state index contributed by atoms with van der Waals surface area (Å²) in [5.74, 6) is -0.540. The van der Waals surface area contributed by atoms with Crippen molar-refractivity contribution in [2.45, 2.75) is 0 Å². The van der Waals surface area contributed by atoms with Gasteiger partial charge in [0.15, 0.2) is 0 Å². The van der Waals surface area contributed by atoms with Crippen molar-refractivity contribution in [1.29, 1.82) is 0 Å². The fourth-order valence-electron chi connectivity index (χ4n) is 1.66. The fraction of sp³-hybridized carbons (Fsp3) is 0.0714. The van der Waals surface area contributed by atoms with Crippen molar-refractivity contribution in [3.8, 4) is 5.75 Å². The molecule has 1 amide bonds. The average Bonchev–Trinajstić information content (AvgIpc) is 2.37. The number of phenols is 1. The molecule has 1 N–H and O–H groups in total. The predicted molar refractivity (Wildman–Crippen MR) is 80.0 cm³/mol. The lowest BCUT2D eigenvalue weighted by molar-refractivity contribution is 0.0992. The number of benzene rings is 2. The van der Waals surface area contributed by atoms with Crippen LogP contribution >= 0.6 is 22.6 Å². The van der Waals surface area contributed by atoms with Crippen molar-refractivity contribution in [2.75, 3.05) is 11.9 Å². The lowest BCUT2D eigenvalue weighted by atomic mass is 10.2. The van der Waals surface area contributed by atoms with E-state index in [0.717, 1.165) is 0 Å². The second-order valence-electron chi connectivity index (χ2n) is 4.01. The number of phenolic OH excluding ortho intramolecular Hbond substituents is 1. The van der Waals surface area contributed by atoms with Crippen LogP contribution in [-0.2, 0) is 0 Å². The van der Waals surface area contributed by atoms with E-state index in [2.05, 4.69) is 0 Å². The van der Waals surface area contributed by atoms with E-state index in [-0.39, 0.29) is 17.5 Å². The van der Waals surface area contributed by atoms with Crippen LogP contribution in [0.4, 0.5) is 10.1 Å². The van der Waals surface area contributed by atoms with E-state index in [9.17, 15) is 14.3 Å². The third-order valence-corrected chi connectivity index (χ3v) is 3.58. The standard InChI is InChI=1S/C14H11FINO2/c1-17(10-3-2-4-11(18)8-10)14(19)12-6-5-9(15)7-13(12)16/h2-8,18H,1H3. The maximum Gasteiger partial charge on any atom is 0.259 e. The minimum absolute atomic E-state index is 0.0888. The summed E-state index contributed by atoms with van der Waals surface area (Å²) >= 11 is 1.92. The van der Waals surface area contributed by atoms with Crippen molar-refractivity contribution in [2.24, 2.45) is 0 Å². The van der Waals surface area contributed by atoms with Gasteiger partial charge in [0.2, 0.25) is 0 Å². The topological polar surface area (TPSA) is 40.5 Å². The molecule has 0 aliphatic carbocycles. The summed E-state index contributed by atoms with van der Waals surface area (Å²) in [6.45, 7) is 0. The Morgan fingerprint density at radius 1 is 1.26 bits per heavy atom. The first-order valence-electron chi connectivity index (χ1n) is 5.51. The number of nitrogens with zero attached hydrogens (tertiary/aromatic N) is 1. The molecular formula is C14H11FINO2. The van der Waals surface area contributed by atoms with Crippen LogP contribution in [0.1, 0.15) is 10.4 Å². The number of aromatic hydroxyl groups is 1. The summed E-state index contributed by atoms with van der Waals surface area (Å²) in [6, 6.07) is 10.4. The highest BCUT2D eigenvalue weighted by molar-refractivity contribution is 14.1. The summed E-state index contributed by atoms with van der Waals surface area (Å²) in [6.07, 6.45) is 0. The molecule has 0 unspecified atom stereocenters. The Morgan fingerprint density at radius 3 is 2.63 bits per heavy atom. The van der Waals surface area contributed by atoms with Gasteiger partial charge in [-0.2, -0.15) is 0 Å². The fourth-order valence-corrected chi connectivity index (χ4v) is 2.37. The Morgan fingerprint density at radius 2 is 2.00 bits per heavy atom. The summed E-state index contributed by atoms with van der Waals surface area (Å²) in [4.78, 5) is 13.7. The van der Waals surface area contributed by atoms with Crippen LogP contribution in [0.25, 0.3) is 0 Å². The summed E-state index contributed by atoms with van der Waals surface area (Å²) in [5.41, 5.74) is 0.998. The van der Waals surface area contributed by atoms with Crippen LogP contribution in [0.2, 0.25) is 0 Å². The summed E-state index contributed by atoms with van der Waals surface area (Å²) < 4.78 is 13.6. The second-order valence-corrected chi connectivity index (χ2v) is 5.17. The molecule has 0 atom stereocenters. The lowest BCUT2D eigenvalue weighted by Gasteiger charge is -2.18. The molecule has 5 heteroatoms. The highest BCUT2D eigenvalue weighted by Gasteiger charge is 2.16. The highest BCUT2D eigenvalue weighted by atomic mass is 127. The third-order valence-electron chi connectivity index (χ3n) is 2.68. The van der Waals surface area contributed by atoms with Gasteiger partial charge >= 0.3 is 0 Å². The minimum atomic E-state index is -0.374. The van der Waals surface area contributed by atoms with Gasteiger partial charge in [-0.25, -0.2) is 4.39 Å². The van der Waals surface area contributed by atoms with Crippen molar-refractivity contribution >= 4 is 34.2 Å². The highest BCUT2D eigenvalue weighted by Crippen LogP contribution is 2.22. The van der Waals surface area contributed by atoms with Crippen molar-refractivity contribution in [3.63, 3.8) is 0 Å². The smallest absolute Gasteiger partial charge is 0.259 e. The summed E-state index contributed by atoms with van der Waals surface area (Å²) in [5, 5.41) is 9.42. The van der Waals surface area contributed by atoms with E-state index in [0.29, 0.717) is 14.8 Å². The van der Waals surface area contributed by atoms with Crippen LogP contribution in [0.15, 0.2) is 42.5 Å². The first-order valence-corrected chi connectivity index (χ1v) is 6.59. The van der Waals surface area contributed by atoms with Crippen LogP contribution < -0.4 is 4.90 Å². The maximum atomic E-state index is 13.0. The average molecular weight is 371 g/mol. The van der Waals surface area contributed by atoms with Gasteiger partial charge in [-0.1, -0.05) is 6.07 Å². The summed E-state index contributed by atoms with van der Waals surface area (Å²) in [7, 11) is 1.61. The molecule has 3 nitrogen and oxygen atoms in total. The number of carbonyl (C=O) groups is 1. The molecule has 0 aliphatic heterocycles. The van der Waals surface area contributed by atoms with E-state index in [1.54, 1.807) is 19.2 Å². The van der Waals surface area contributed by atoms with Crippen LogP contribution in [0, 0.1) is 9.39 Å². The monoisotopic (exact) mass is 371 g/mol. The molecule has 2 rings (SSSR count).